The van der Waals surface area contributed by atoms with E-state index in [1.54, 1.807) is 24.5 Å². The van der Waals surface area contributed by atoms with E-state index in [0.717, 1.165) is 12.0 Å². The molecule has 1 rings (SSSR count). The van der Waals surface area contributed by atoms with Gasteiger partial charge in [-0.25, -0.2) is 9.78 Å². The lowest BCUT2D eigenvalue weighted by Gasteiger charge is -2.01. The van der Waals surface area contributed by atoms with Gasteiger partial charge in [-0.15, -0.1) is 0 Å². The molecule has 0 bridgehead atoms. The molecule has 0 amide bonds. The third-order valence-corrected chi connectivity index (χ3v) is 1.56. The van der Waals surface area contributed by atoms with Crippen LogP contribution >= 0.6 is 12.0 Å². The number of carbonyl (C=O) groups excluding carboxylic acids is 1. The summed E-state index contributed by atoms with van der Waals surface area (Å²) in [5.74, 6) is -0.477. The second-order valence-corrected chi connectivity index (χ2v) is 2.62. The minimum Gasteiger partial charge on any atom is -0.433 e. The topological polar surface area (TPSA) is 48.4 Å². The van der Waals surface area contributed by atoms with E-state index in [0.29, 0.717) is 0 Å². The highest BCUT2D eigenvalue weighted by molar-refractivity contribution is 7.93. The Hall–Kier alpha value is -1.07. The Morgan fingerprint density at radius 1 is 1.62 bits per heavy atom. The molecule has 0 fully saturated rings. The van der Waals surface area contributed by atoms with E-state index in [-0.39, 0.29) is 12.5 Å². The summed E-state index contributed by atoms with van der Waals surface area (Å²) in [5, 5.41) is 0. The molecule has 0 N–H and O–H groups in total. The zero-order valence-corrected chi connectivity index (χ0v) is 7.91. The highest BCUT2D eigenvalue weighted by atomic mass is 32.2. The molecule has 70 valence electrons. The molecule has 0 aliphatic rings. The molecule has 0 saturated carbocycles. The fraction of sp³-hybridized carbons (Fsp3) is 0.250. The van der Waals surface area contributed by atoms with E-state index in [1.165, 1.54) is 6.20 Å². The first kappa shape index (κ1) is 10.0. The molecule has 0 saturated heterocycles. The average molecular weight is 199 g/mol. The zero-order chi connectivity index (χ0) is 9.52. The first-order chi connectivity index (χ1) is 6.34. The molecule has 1 aromatic rings. The molecule has 0 spiro atoms. The van der Waals surface area contributed by atoms with Crippen LogP contribution in [0.2, 0.25) is 0 Å². The van der Waals surface area contributed by atoms with Gasteiger partial charge in [0, 0.05) is 12.5 Å². The van der Waals surface area contributed by atoms with Gasteiger partial charge in [-0.05, 0) is 24.2 Å². The van der Waals surface area contributed by atoms with E-state index in [9.17, 15) is 4.79 Å². The Kier molecular flexibility index (Phi) is 4.28. The van der Waals surface area contributed by atoms with Crippen molar-refractivity contribution < 1.29 is 13.7 Å². The smallest absolute Gasteiger partial charge is 0.359 e. The minimum atomic E-state index is -0.477. The van der Waals surface area contributed by atoms with Crippen molar-refractivity contribution in [3.63, 3.8) is 0 Å². The van der Waals surface area contributed by atoms with Crippen LogP contribution in [0.3, 0.4) is 0 Å². The lowest BCUT2D eigenvalue weighted by atomic mass is 10.4. The fourth-order valence-corrected chi connectivity index (χ4v) is 0.827. The molecule has 0 aliphatic heterocycles. The summed E-state index contributed by atoms with van der Waals surface area (Å²) in [6, 6.07) is 5.04. The Labute approximate surface area is 80.5 Å². The molecular weight excluding hydrogens is 190 g/mol. The normalized spacial score (nSPS) is 9.62. The number of pyridine rings is 1. The monoisotopic (exact) mass is 199 g/mol. The number of ether oxygens (including phenoxy) is 1. The van der Waals surface area contributed by atoms with Crippen LogP contribution in [0.1, 0.15) is 10.5 Å². The van der Waals surface area contributed by atoms with Crippen molar-refractivity contribution in [2.45, 2.75) is 0 Å². The van der Waals surface area contributed by atoms with E-state index in [2.05, 4.69) is 4.98 Å². The van der Waals surface area contributed by atoms with Crippen molar-refractivity contribution >= 4 is 18.0 Å². The van der Waals surface area contributed by atoms with Crippen LogP contribution in [0.5, 0.6) is 0 Å². The van der Waals surface area contributed by atoms with Gasteiger partial charge in [0.15, 0.2) is 0 Å². The molecule has 0 atom stereocenters. The van der Waals surface area contributed by atoms with Crippen LogP contribution in [0.15, 0.2) is 24.4 Å². The third kappa shape index (κ3) is 3.43. The van der Waals surface area contributed by atoms with Gasteiger partial charge in [0.25, 0.3) is 0 Å². The van der Waals surface area contributed by atoms with Crippen LogP contribution in [-0.2, 0) is 8.92 Å². The van der Waals surface area contributed by atoms with Gasteiger partial charge in [0.1, 0.15) is 5.69 Å². The number of esters is 1. The maximum atomic E-state index is 11.1. The van der Waals surface area contributed by atoms with Crippen molar-refractivity contribution in [3.8, 4) is 0 Å². The largest absolute Gasteiger partial charge is 0.433 e. The first-order valence-electron chi connectivity index (χ1n) is 3.58. The van der Waals surface area contributed by atoms with Gasteiger partial charge in [-0.3, -0.25) is 4.18 Å². The Bertz CT molecular complexity index is 265. The first-order valence-corrected chi connectivity index (χ1v) is 4.73. The molecule has 1 heterocycles. The van der Waals surface area contributed by atoms with Crippen LogP contribution in [0.4, 0.5) is 0 Å². The highest BCUT2D eigenvalue weighted by Crippen LogP contribution is 1.99. The summed E-state index contributed by atoms with van der Waals surface area (Å²) in [6.45, 7) is -0.0590. The second kappa shape index (κ2) is 5.55. The predicted molar refractivity (Wildman–Crippen MR) is 49.1 cm³/mol. The van der Waals surface area contributed by atoms with Crippen molar-refractivity contribution in [3.05, 3.63) is 30.1 Å². The average Bonchev–Trinajstić information content (AvgIpc) is 2.19. The molecule has 0 unspecified atom stereocenters. The van der Waals surface area contributed by atoms with Crippen molar-refractivity contribution in [2.75, 3.05) is 13.0 Å². The summed E-state index contributed by atoms with van der Waals surface area (Å²) >= 11 is 1.14. The number of carbonyl (C=O) groups is 1. The summed E-state index contributed by atoms with van der Waals surface area (Å²) in [7, 11) is 0. The second-order valence-electron chi connectivity index (χ2n) is 2.05. The molecule has 0 aliphatic carbocycles. The van der Waals surface area contributed by atoms with Crippen molar-refractivity contribution in [2.24, 2.45) is 0 Å². The van der Waals surface area contributed by atoms with E-state index in [1.807, 2.05) is 0 Å². The Balaban J connectivity index is 2.40. The Morgan fingerprint density at radius 2 is 2.46 bits per heavy atom. The zero-order valence-electron chi connectivity index (χ0n) is 7.10. The highest BCUT2D eigenvalue weighted by Gasteiger charge is 2.06. The molecule has 13 heavy (non-hydrogen) atoms. The number of aromatic nitrogens is 1. The quantitative estimate of drug-likeness (QED) is 0.318. The van der Waals surface area contributed by atoms with E-state index >= 15 is 0 Å². The summed E-state index contributed by atoms with van der Waals surface area (Å²) in [6.07, 6.45) is 3.28. The molecule has 0 aromatic carbocycles. The maximum absolute atomic E-state index is 11.1. The minimum absolute atomic E-state index is 0.0590. The molecular formula is C8H9NO3S. The lowest BCUT2D eigenvalue weighted by molar-refractivity contribution is 0.0207. The van der Waals surface area contributed by atoms with E-state index < -0.39 is 5.97 Å². The predicted octanol–water partition coefficient (Wildman–Crippen LogP) is 1.49. The maximum Gasteiger partial charge on any atom is 0.359 e. The van der Waals surface area contributed by atoms with Crippen LogP contribution in [0.25, 0.3) is 0 Å². The van der Waals surface area contributed by atoms with Gasteiger partial charge in [0.2, 0.25) is 6.79 Å². The van der Waals surface area contributed by atoms with Gasteiger partial charge in [-0.2, -0.15) is 0 Å². The molecule has 5 heteroatoms. The number of hydrogen-bond acceptors (Lipinski definition) is 5. The van der Waals surface area contributed by atoms with Crippen LogP contribution in [-0.4, -0.2) is 24.0 Å². The molecule has 0 radical (unpaired) electrons. The summed E-state index contributed by atoms with van der Waals surface area (Å²) < 4.78 is 9.50. The molecule has 4 nitrogen and oxygen atoms in total. The van der Waals surface area contributed by atoms with Gasteiger partial charge in [0.05, 0.1) is 0 Å². The lowest BCUT2D eigenvalue weighted by Crippen LogP contribution is -2.08. The fourth-order valence-electron chi connectivity index (χ4n) is 0.683. The third-order valence-electron chi connectivity index (χ3n) is 1.23. The van der Waals surface area contributed by atoms with Crippen molar-refractivity contribution in [1.29, 1.82) is 0 Å². The molecule has 1 aromatic heterocycles. The van der Waals surface area contributed by atoms with Gasteiger partial charge in [-0.1, -0.05) is 6.07 Å². The van der Waals surface area contributed by atoms with Gasteiger partial charge >= 0.3 is 5.97 Å². The van der Waals surface area contributed by atoms with Crippen LogP contribution in [0, 0.1) is 0 Å². The van der Waals surface area contributed by atoms with E-state index in [4.69, 9.17) is 8.92 Å². The number of hydrogen-bond donors (Lipinski definition) is 0. The summed E-state index contributed by atoms with van der Waals surface area (Å²) in [5.41, 5.74) is 0.284. The Morgan fingerprint density at radius 3 is 3.08 bits per heavy atom. The number of nitrogens with zero attached hydrogens (tertiary/aromatic N) is 1. The van der Waals surface area contributed by atoms with Crippen LogP contribution < -0.4 is 0 Å². The standard InChI is InChI=1S/C8H9NO3S/c1-13-12-6-11-8(10)7-4-2-3-5-9-7/h2-5H,6H2,1H3. The number of rotatable bonds is 4. The van der Waals surface area contributed by atoms with Crippen molar-refractivity contribution in [1.82, 2.24) is 4.98 Å². The van der Waals surface area contributed by atoms with Gasteiger partial charge < -0.3 is 4.74 Å². The SMILES string of the molecule is CSOCOC(=O)c1ccccn1. The summed E-state index contributed by atoms with van der Waals surface area (Å²) in [4.78, 5) is 15.0.